The van der Waals surface area contributed by atoms with Crippen LogP contribution in [0, 0.1) is 46.3 Å². The van der Waals surface area contributed by atoms with E-state index in [0.717, 1.165) is 60.8 Å². The van der Waals surface area contributed by atoms with E-state index in [0.29, 0.717) is 30.3 Å². The lowest BCUT2D eigenvalue weighted by atomic mass is 8.91. The summed E-state index contributed by atoms with van der Waals surface area (Å²) in [4.78, 5) is 24.1. The van der Waals surface area contributed by atoms with E-state index in [1.54, 1.807) is 7.11 Å². The number of aryl methyl sites for hydroxylation is 1. The number of rotatable bonds is 7. The third kappa shape index (κ3) is 1.32. The van der Waals surface area contributed by atoms with Crippen molar-refractivity contribution in [2.75, 3.05) is 19.0 Å². The second-order valence-electron chi connectivity index (χ2n) is 9.83. The van der Waals surface area contributed by atoms with Crippen LogP contribution in [0.1, 0.15) is 31.2 Å². The first kappa shape index (κ1) is 15.8. The number of nitrogens with one attached hydrogen (secondary N) is 1. The SMILES string of the molecule is COC(=O)C12C3C4C5C3C1(CCCCOc1ccc3c(c1)NC(=O)CC3)C5C42. The number of amides is 1. The summed E-state index contributed by atoms with van der Waals surface area (Å²) in [5.41, 5.74) is 2.32. The summed E-state index contributed by atoms with van der Waals surface area (Å²) in [6.07, 6.45) is 4.65. The molecule has 5 heteroatoms. The molecule has 0 radical (unpaired) electrons. The molecule has 6 fully saturated rings. The summed E-state index contributed by atoms with van der Waals surface area (Å²) in [6.45, 7) is 0.683. The molecule has 1 aromatic carbocycles. The maximum atomic E-state index is 12.5. The van der Waals surface area contributed by atoms with Crippen molar-refractivity contribution in [1.29, 1.82) is 0 Å². The Bertz CT molecular complexity index is 919. The smallest absolute Gasteiger partial charge is 0.312 e. The highest BCUT2D eigenvalue weighted by Crippen LogP contribution is 3.11. The summed E-state index contributed by atoms with van der Waals surface area (Å²) < 4.78 is 11.2. The lowest BCUT2D eigenvalue weighted by Gasteiger charge is -3.11. The van der Waals surface area contributed by atoms with Gasteiger partial charge in [0.25, 0.3) is 0 Å². The highest BCUT2D eigenvalue weighted by Gasteiger charge is 3.11. The minimum Gasteiger partial charge on any atom is -0.494 e. The zero-order valence-corrected chi connectivity index (χ0v) is 16.1. The molecule has 6 aliphatic carbocycles. The van der Waals surface area contributed by atoms with Gasteiger partial charge < -0.3 is 14.8 Å². The fraction of sp³-hybridized carbons (Fsp3) is 0.652. The van der Waals surface area contributed by atoms with Gasteiger partial charge in [-0.15, -0.1) is 0 Å². The molecule has 1 amide bonds. The van der Waals surface area contributed by atoms with Crippen LogP contribution < -0.4 is 10.1 Å². The summed E-state index contributed by atoms with van der Waals surface area (Å²) >= 11 is 0. The Morgan fingerprint density at radius 3 is 2.71 bits per heavy atom. The Balaban J connectivity index is 0.958. The molecule has 1 aromatic rings. The number of methoxy groups -OCH3 is 1. The van der Waals surface area contributed by atoms with E-state index < -0.39 is 0 Å². The molecule has 8 rings (SSSR count). The van der Waals surface area contributed by atoms with Crippen LogP contribution in [-0.2, 0) is 20.7 Å². The van der Waals surface area contributed by atoms with Crippen molar-refractivity contribution in [1.82, 2.24) is 0 Å². The number of carbonyl (C=O) groups excluding carboxylic acids is 2. The van der Waals surface area contributed by atoms with Crippen molar-refractivity contribution in [2.45, 2.75) is 32.1 Å². The highest BCUT2D eigenvalue weighted by molar-refractivity contribution is 5.94. The van der Waals surface area contributed by atoms with Gasteiger partial charge in [-0.2, -0.15) is 0 Å². The molecule has 1 aliphatic heterocycles. The first-order valence-electron chi connectivity index (χ1n) is 10.8. The highest BCUT2D eigenvalue weighted by atomic mass is 16.5. The van der Waals surface area contributed by atoms with E-state index in [2.05, 4.69) is 11.4 Å². The Hall–Kier alpha value is -2.04. The minimum absolute atomic E-state index is 0.0615. The summed E-state index contributed by atoms with van der Waals surface area (Å²) in [5.74, 6) is 5.92. The number of hydrogen-bond donors (Lipinski definition) is 1. The third-order valence-corrected chi connectivity index (χ3v) is 9.64. The molecule has 7 aliphatic rings. The van der Waals surface area contributed by atoms with E-state index in [1.165, 1.54) is 5.56 Å². The topological polar surface area (TPSA) is 64.6 Å². The van der Waals surface area contributed by atoms with Crippen LogP contribution in [0.5, 0.6) is 5.75 Å². The number of unbranched alkanes of at least 4 members (excludes halogenated alkanes) is 1. The van der Waals surface area contributed by atoms with Crippen molar-refractivity contribution in [2.24, 2.45) is 46.3 Å². The van der Waals surface area contributed by atoms with Crippen LogP contribution in [0.25, 0.3) is 0 Å². The van der Waals surface area contributed by atoms with Gasteiger partial charge in [0.05, 0.1) is 19.1 Å². The molecular weight excluding hydrogens is 354 g/mol. The maximum Gasteiger partial charge on any atom is 0.312 e. The number of fused-ring (bicyclic) bond motifs is 1. The van der Waals surface area contributed by atoms with Gasteiger partial charge in [-0.3, -0.25) is 9.59 Å². The number of carbonyl (C=O) groups is 2. The third-order valence-electron chi connectivity index (χ3n) is 9.64. The Kier molecular flexibility index (Phi) is 2.68. The minimum atomic E-state index is -0.0615. The normalized spacial score (nSPS) is 46.4. The number of hydrogen-bond acceptors (Lipinski definition) is 4. The van der Waals surface area contributed by atoms with Crippen molar-refractivity contribution >= 4 is 17.6 Å². The van der Waals surface area contributed by atoms with Crippen molar-refractivity contribution in [3.8, 4) is 5.75 Å². The van der Waals surface area contributed by atoms with Gasteiger partial charge >= 0.3 is 5.97 Å². The van der Waals surface area contributed by atoms with Gasteiger partial charge in [0.2, 0.25) is 5.91 Å². The van der Waals surface area contributed by atoms with Gasteiger partial charge in [0, 0.05) is 18.2 Å². The molecule has 4 unspecified atom stereocenters. The Morgan fingerprint density at radius 2 is 1.93 bits per heavy atom. The van der Waals surface area contributed by atoms with Gasteiger partial charge in [-0.05, 0) is 78.2 Å². The molecule has 1 heterocycles. The van der Waals surface area contributed by atoms with Crippen molar-refractivity contribution in [3.63, 3.8) is 0 Å². The Labute approximate surface area is 164 Å². The summed E-state index contributed by atoms with van der Waals surface area (Å²) in [6, 6.07) is 6.00. The fourth-order valence-corrected chi connectivity index (χ4v) is 9.08. The second-order valence-corrected chi connectivity index (χ2v) is 9.83. The fourth-order valence-electron chi connectivity index (χ4n) is 9.08. The molecule has 6 saturated carbocycles. The van der Waals surface area contributed by atoms with Gasteiger partial charge in [0.15, 0.2) is 0 Å². The quantitative estimate of drug-likeness (QED) is 0.584. The standard InChI is InChI=1S/C23H25NO4/c1-27-21(26)23-19-16-15-17(19)22(23,18(15)20(16)23)8-2-3-9-28-12-6-4-11-5-7-14(25)24-13(11)10-12/h4,6,10,15-20H,2-3,5,7-9H2,1H3,(H,24,25). The van der Waals surface area contributed by atoms with Crippen LogP contribution in [0.3, 0.4) is 0 Å². The average molecular weight is 379 g/mol. The average Bonchev–Trinajstić information content (AvgIpc) is 2.72. The van der Waals surface area contributed by atoms with E-state index in [4.69, 9.17) is 9.47 Å². The largest absolute Gasteiger partial charge is 0.494 e. The van der Waals surface area contributed by atoms with Crippen molar-refractivity contribution < 1.29 is 19.1 Å². The lowest BCUT2D eigenvalue weighted by molar-refractivity contribution is -0.647. The van der Waals surface area contributed by atoms with Crippen LogP contribution in [0.2, 0.25) is 0 Å². The predicted molar refractivity (Wildman–Crippen MR) is 101 cm³/mol. The van der Waals surface area contributed by atoms with Crippen LogP contribution in [-0.4, -0.2) is 25.6 Å². The Morgan fingerprint density at radius 1 is 1.14 bits per heavy atom. The lowest BCUT2D eigenvalue weighted by Crippen LogP contribution is -3.11. The molecule has 4 atom stereocenters. The molecular formula is C23H25NO4. The summed E-state index contributed by atoms with van der Waals surface area (Å²) in [5, 5.41) is 2.93. The number of ether oxygens (including phenoxy) is 2. The van der Waals surface area contributed by atoms with Crippen LogP contribution in [0.4, 0.5) is 5.69 Å². The molecule has 0 bridgehead atoms. The predicted octanol–water partition coefficient (Wildman–Crippen LogP) is 3.03. The molecule has 0 aromatic heterocycles. The first-order chi connectivity index (χ1) is 13.7. The van der Waals surface area contributed by atoms with E-state index in [-0.39, 0.29) is 17.3 Å². The number of anilines is 1. The monoisotopic (exact) mass is 379 g/mol. The van der Waals surface area contributed by atoms with Gasteiger partial charge in [0.1, 0.15) is 5.75 Å². The van der Waals surface area contributed by atoms with Gasteiger partial charge in [-0.25, -0.2) is 0 Å². The summed E-state index contributed by atoms with van der Waals surface area (Å²) in [7, 11) is 1.56. The zero-order valence-electron chi connectivity index (χ0n) is 16.1. The maximum absolute atomic E-state index is 12.5. The molecule has 0 saturated heterocycles. The van der Waals surface area contributed by atoms with Gasteiger partial charge in [-0.1, -0.05) is 6.07 Å². The molecule has 1 N–H and O–H groups in total. The van der Waals surface area contributed by atoms with Crippen LogP contribution in [0.15, 0.2) is 18.2 Å². The first-order valence-corrected chi connectivity index (χ1v) is 10.8. The number of benzene rings is 1. The molecule has 28 heavy (non-hydrogen) atoms. The van der Waals surface area contributed by atoms with E-state index >= 15 is 0 Å². The second kappa shape index (κ2) is 4.74. The zero-order chi connectivity index (χ0) is 18.8. The molecule has 146 valence electrons. The van der Waals surface area contributed by atoms with Crippen molar-refractivity contribution in [3.05, 3.63) is 23.8 Å². The van der Waals surface area contributed by atoms with Crippen LogP contribution >= 0.6 is 0 Å². The van der Waals surface area contributed by atoms with E-state index in [1.807, 2.05) is 12.1 Å². The number of esters is 1. The molecule has 0 spiro atoms. The van der Waals surface area contributed by atoms with E-state index in [9.17, 15) is 9.59 Å². The molecule has 5 nitrogen and oxygen atoms in total.